The Kier molecular flexibility index (Phi) is 3.73. The predicted octanol–water partition coefficient (Wildman–Crippen LogP) is 2.15. The molecular weight excluding hydrogens is 318 g/mol. The highest BCUT2D eigenvalue weighted by molar-refractivity contribution is 9.10. The van der Waals surface area contributed by atoms with Crippen molar-refractivity contribution in [3.63, 3.8) is 0 Å². The monoisotopic (exact) mass is 333 g/mol. The summed E-state index contributed by atoms with van der Waals surface area (Å²) in [5.74, 6) is 0.969. The molecule has 2 N–H and O–H groups in total. The molecule has 5 nitrogen and oxygen atoms in total. The van der Waals surface area contributed by atoms with Crippen LogP contribution in [0, 0.1) is 0 Å². The molecule has 3 rings (SSSR count). The van der Waals surface area contributed by atoms with Gasteiger partial charge in [-0.15, -0.1) is 0 Å². The Bertz CT molecular complexity index is 578. The summed E-state index contributed by atoms with van der Waals surface area (Å²) in [5, 5.41) is 0. The number of halogens is 1. The Morgan fingerprint density at radius 1 is 1.00 bits per heavy atom. The molecule has 0 radical (unpaired) electrons. The van der Waals surface area contributed by atoms with Gasteiger partial charge in [-0.2, -0.15) is 0 Å². The summed E-state index contributed by atoms with van der Waals surface area (Å²) in [6.45, 7) is 3.83. The first kappa shape index (κ1) is 13.2. The molecule has 0 amide bonds. The van der Waals surface area contributed by atoms with E-state index < -0.39 is 0 Å². The molecule has 0 saturated carbocycles. The maximum Gasteiger partial charge on any atom is 0.146 e. The Hall–Kier alpha value is -1.82. The van der Waals surface area contributed by atoms with Crippen molar-refractivity contribution in [2.75, 3.05) is 41.7 Å². The molecule has 0 bridgehead atoms. The van der Waals surface area contributed by atoms with Crippen LogP contribution in [0.3, 0.4) is 0 Å². The number of nitrogens with zero attached hydrogens (tertiary/aromatic N) is 4. The van der Waals surface area contributed by atoms with Gasteiger partial charge in [-0.1, -0.05) is 0 Å². The Balaban J connectivity index is 1.68. The number of hydrogen-bond donors (Lipinski definition) is 1. The highest BCUT2D eigenvalue weighted by atomic mass is 79.9. The summed E-state index contributed by atoms with van der Waals surface area (Å²) in [6.07, 6.45) is 3.38. The molecule has 104 valence electrons. The molecule has 1 aliphatic rings. The molecule has 0 aliphatic carbocycles. The van der Waals surface area contributed by atoms with Gasteiger partial charge in [0.2, 0.25) is 0 Å². The van der Waals surface area contributed by atoms with E-state index in [-0.39, 0.29) is 0 Å². The van der Waals surface area contributed by atoms with Crippen molar-refractivity contribution in [3.8, 4) is 0 Å². The van der Waals surface area contributed by atoms with Gasteiger partial charge in [-0.3, -0.25) is 0 Å². The fraction of sp³-hybridized carbons (Fsp3) is 0.286. The molecule has 0 spiro atoms. The Labute approximate surface area is 126 Å². The average Bonchev–Trinajstić information content (AvgIpc) is 2.49. The lowest BCUT2D eigenvalue weighted by molar-refractivity contribution is 0.645. The summed E-state index contributed by atoms with van der Waals surface area (Å²) in [4.78, 5) is 13.0. The van der Waals surface area contributed by atoms with Gasteiger partial charge >= 0.3 is 0 Å². The van der Waals surface area contributed by atoms with E-state index in [4.69, 9.17) is 5.73 Å². The molecule has 20 heavy (non-hydrogen) atoms. The number of nitrogen functional groups attached to an aromatic ring is 1. The highest BCUT2D eigenvalue weighted by Crippen LogP contribution is 2.24. The van der Waals surface area contributed by atoms with Crippen molar-refractivity contribution in [2.45, 2.75) is 0 Å². The Morgan fingerprint density at radius 3 is 2.30 bits per heavy atom. The van der Waals surface area contributed by atoms with Gasteiger partial charge in [0.05, 0.1) is 4.47 Å². The lowest BCUT2D eigenvalue weighted by Gasteiger charge is -2.37. The Morgan fingerprint density at radius 2 is 1.65 bits per heavy atom. The molecule has 1 fully saturated rings. The third-order valence-electron chi connectivity index (χ3n) is 3.49. The van der Waals surface area contributed by atoms with Crippen LogP contribution in [0.5, 0.6) is 0 Å². The standard InChI is InChI=1S/C14H16BrN5/c15-13-9-17-10-18-14(13)20-7-5-19(6-8-20)12-3-1-11(16)2-4-12/h1-4,9-10H,5-8,16H2. The van der Waals surface area contributed by atoms with Crippen molar-refractivity contribution < 1.29 is 0 Å². The van der Waals surface area contributed by atoms with Gasteiger partial charge in [-0.05, 0) is 40.2 Å². The van der Waals surface area contributed by atoms with E-state index in [1.807, 2.05) is 12.1 Å². The zero-order valence-corrected chi connectivity index (χ0v) is 12.6. The zero-order chi connectivity index (χ0) is 13.9. The minimum absolute atomic E-state index is 0.803. The van der Waals surface area contributed by atoms with Crippen LogP contribution in [0.1, 0.15) is 0 Å². The first-order valence-electron chi connectivity index (χ1n) is 6.55. The summed E-state index contributed by atoms with van der Waals surface area (Å²) >= 11 is 3.51. The quantitative estimate of drug-likeness (QED) is 0.853. The van der Waals surface area contributed by atoms with Crippen molar-refractivity contribution >= 4 is 33.1 Å². The molecule has 1 aromatic heterocycles. The molecule has 0 atom stereocenters. The number of benzene rings is 1. The fourth-order valence-corrected chi connectivity index (χ4v) is 2.87. The predicted molar refractivity (Wildman–Crippen MR) is 85.0 cm³/mol. The van der Waals surface area contributed by atoms with Crippen LogP contribution in [0.2, 0.25) is 0 Å². The topological polar surface area (TPSA) is 58.3 Å². The van der Waals surface area contributed by atoms with Crippen LogP contribution < -0.4 is 15.5 Å². The van der Waals surface area contributed by atoms with Crippen molar-refractivity contribution in [2.24, 2.45) is 0 Å². The second kappa shape index (κ2) is 5.66. The molecule has 0 unspecified atom stereocenters. The number of nitrogens with two attached hydrogens (primary N) is 1. The van der Waals surface area contributed by atoms with Gasteiger partial charge in [0, 0.05) is 43.8 Å². The van der Waals surface area contributed by atoms with Gasteiger partial charge in [0.1, 0.15) is 12.1 Å². The largest absolute Gasteiger partial charge is 0.399 e. The van der Waals surface area contributed by atoms with E-state index in [1.165, 1.54) is 5.69 Å². The average molecular weight is 334 g/mol. The number of aromatic nitrogens is 2. The molecular formula is C14H16BrN5. The van der Waals surface area contributed by atoms with Gasteiger partial charge in [0.15, 0.2) is 0 Å². The summed E-state index contributed by atoms with van der Waals surface area (Å²) < 4.78 is 0.945. The minimum atomic E-state index is 0.803. The van der Waals surface area contributed by atoms with Crippen LogP contribution >= 0.6 is 15.9 Å². The second-order valence-electron chi connectivity index (χ2n) is 4.76. The fourth-order valence-electron chi connectivity index (χ4n) is 2.40. The van der Waals surface area contributed by atoms with Crippen LogP contribution in [0.4, 0.5) is 17.2 Å². The van der Waals surface area contributed by atoms with Gasteiger partial charge < -0.3 is 15.5 Å². The normalized spacial score (nSPS) is 15.4. The summed E-state index contributed by atoms with van der Waals surface area (Å²) in [5.41, 5.74) is 7.75. The molecule has 1 aliphatic heterocycles. The summed E-state index contributed by atoms with van der Waals surface area (Å²) in [6, 6.07) is 8.04. The smallest absolute Gasteiger partial charge is 0.146 e. The maximum absolute atomic E-state index is 5.72. The number of anilines is 3. The van der Waals surface area contributed by atoms with Gasteiger partial charge in [0.25, 0.3) is 0 Å². The van der Waals surface area contributed by atoms with Crippen molar-refractivity contribution in [1.82, 2.24) is 9.97 Å². The van der Waals surface area contributed by atoms with Crippen molar-refractivity contribution in [3.05, 3.63) is 41.3 Å². The minimum Gasteiger partial charge on any atom is -0.399 e. The van der Waals surface area contributed by atoms with Crippen LogP contribution in [0.15, 0.2) is 41.3 Å². The molecule has 2 heterocycles. The first-order valence-corrected chi connectivity index (χ1v) is 7.34. The van der Waals surface area contributed by atoms with E-state index in [2.05, 4.69) is 47.8 Å². The van der Waals surface area contributed by atoms with Crippen LogP contribution in [-0.4, -0.2) is 36.1 Å². The van der Waals surface area contributed by atoms with Crippen LogP contribution in [0.25, 0.3) is 0 Å². The first-order chi connectivity index (χ1) is 9.74. The second-order valence-corrected chi connectivity index (χ2v) is 5.61. The van der Waals surface area contributed by atoms with E-state index in [0.717, 1.165) is 42.2 Å². The van der Waals surface area contributed by atoms with E-state index in [1.54, 1.807) is 12.5 Å². The number of rotatable bonds is 2. The van der Waals surface area contributed by atoms with E-state index in [0.29, 0.717) is 0 Å². The maximum atomic E-state index is 5.72. The third-order valence-corrected chi connectivity index (χ3v) is 4.05. The van der Waals surface area contributed by atoms with E-state index >= 15 is 0 Å². The van der Waals surface area contributed by atoms with Crippen molar-refractivity contribution in [1.29, 1.82) is 0 Å². The highest BCUT2D eigenvalue weighted by Gasteiger charge is 2.19. The molecule has 1 aromatic carbocycles. The zero-order valence-electron chi connectivity index (χ0n) is 11.0. The van der Waals surface area contributed by atoms with Crippen LogP contribution in [-0.2, 0) is 0 Å². The molecule has 1 saturated heterocycles. The van der Waals surface area contributed by atoms with E-state index in [9.17, 15) is 0 Å². The SMILES string of the molecule is Nc1ccc(N2CCN(c3ncncc3Br)CC2)cc1. The third kappa shape index (κ3) is 2.70. The lowest BCUT2D eigenvalue weighted by atomic mass is 10.2. The van der Waals surface area contributed by atoms with Gasteiger partial charge in [-0.25, -0.2) is 9.97 Å². The number of hydrogen-bond acceptors (Lipinski definition) is 5. The number of piperazine rings is 1. The lowest BCUT2D eigenvalue weighted by Crippen LogP contribution is -2.47. The molecule has 2 aromatic rings. The summed E-state index contributed by atoms with van der Waals surface area (Å²) in [7, 11) is 0. The molecule has 6 heteroatoms.